The summed E-state index contributed by atoms with van der Waals surface area (Å²) in [7, 11) is 0. The molecule has 16 heavy (non-hydrogen) atoms. The summed E-state index contributed by atoms with van der Waals surface area (Å²) >= 11 is 0. The fraction of sp³-hybridized carbons (Fsp3) is 0.917. The van der Waals surface area contributed by atoms with Crippen LogP contribution in [0.4, 0.5) is 0 Å². The highest BCUT2D eigenvalue weighted by Crippen LogP contribution is 2.34. The van der Waals surface area contributed by atoms with Crippen LogP contribution in [0.3, 0.4) is 0 Å². The van der Waals surface area contributed by atoms with Crippen LogP contribution in [0.1, 0.15) is 25.7 Å². The Hall–Kier alpha value is -0.450. The van der Waals surface area contributed by atoms with E-state index in [1.54, 1.807) is 0 Å². The van der Waals surface area contributed by atoms with Crippen LogP contribution in [0.25, 0.3) is 0 Å². The van der Waals surface area contributed by atoms with Crippen molar-refractivity contribution in [3.63, 3.8) is 0 Å². The molecule has 90 valence electrons. The Bertz CT molecular complexity index is 259. The number of hydrogen-bond donors (Lipinski definition) is 0. The topological polar surface area (TPSA) is 38.8 Å². The van der Waals surface area contributed by atoms with Gasteiger partial charge in [-0.2, -0.15) is 0 Å². The average molecular weight is 225 g/mol. The second-order valence-electron chi connectivity index (χ2n) is 5.10. The third-order valence-electron chi connectivity index (χ3n) is 4.00. The molecule has 3 aliphatic heterocycles. The zero-order valence-corrected chi connectivity index (χ0v) is 9.56. The number of hydrogen-bond acceptors (Lipinski definition) is 4. The highest BCUT2D eigenvalue weighted by molar-refractivity contribution is 5.80. The van der Waals surface area contributed by atoms with Crippen LogP contribution in [0.5, 0.6) is 0 Å². The Morgan fingerprint density at radius 3 is 2.56 bits per heavy atom. The standard InChI is InChI=1S/C12H19NO3/c14-11-5-9-1-2-10(6-11)13(9)7-12-8-15-3-4-16-12/h9-10,12H,1-8H2. The fourth-order valence-electron chi connectivity index (χ4n) is 3.24. The minimum Gasteiger partial charge on any atom is -0.376 e. The van der Waals surface area contributed by atoms with Gasteiger partial charge in [-0.15, -0.1) is 0 Å². The van der Waals surface area contributed by atoms with Crippen LogP contribution < -0.4 is 0 Å². The number of Topliss-reactive ketones (excluding diaryl/α,β-unsaturated/α-hetero) is 1. The van der Waals surface area contributed by atoms with E-state index in [1.807, 2.05) is 0 Å². The minimum absolute atomic E-state index is 0.213. The molecule has 0 aromatic rings. The predicted molar refractivity (Wildman–Crippen MR) is 58.3 cm³/mol. The third kappa shape index (κ3) is 2.01. The maximum atomic E-state index is 11.5. The van der Waals surface area contributed by atoms with E-state index in [2.05, 4.69) is 4.90 Å². The molecule has 2 bridgehead atoms. The molecule has 3 unspecified atom stereocenters. The van der Waals surface area contributed by atoms with Gasteiger partial charge in [0.25, 0.3) is 0 Å². The molecule has 0 spiro atoms. The van der Waals surface area contributed by atoms with Gasteiger partial charge >= 0.3 is 0 Å². The normalized spacial score (nSPS) is 40.2. The first-order valence-corrected chi connectivity index (χ1v) is 6.30. The Labute approximate surface area is 95.9 Å². The number of fused-ring (bicyclic) bond motifs is 2. The number of carbonyl (C=O) groups is 1. The molecule has 3 atom stereocenters. The largest absolute Gasteiger partial charge is 0.376 e. The van der Waals surface area contributed by atoms with Crippen LogP contribution in [0.15, 0.2) is 0 Å². The van der Waals surface area contributed by atoms with Gasteiger partial charge in [0.2, 0.25) is 0 Å². The predicted octanol–water partition coefficient (Wildman–Crippen LogP) is 0.598. The van der Waals surface area contributed by atoms with E-state index in [0.717, 1.165) is 26.0 Å². The molecule has 0 saturated carbocycles. The molecule has 4 heteroatoms. The minimum atomic E-state index is 0.213. The van der Waals surface area contributed by atoms with Gasteiger partial charge in [0.15, 0.2) is 0 Å². The molecule has 0 aliphatic carbocycles. The highest BCUT2D eigenvalue weighted by atomic mass is 16.6. The molecular weight excluding hydrogens is 206 g/mol. The lowest BCUT2D eigenvalue weighted by Gasteiger charge is -2.37. The van der Waals surface area contributed by atoms with Gasteiger partial charge in [0, 0.05) is 31.5 Å². The summed E-state index contributed by atoms with van der Waals surface area (Å²) in [6.07, 6.45) is 4.09. The maximum Gasteiger partial charge on any atom is 0.136 e. The number of ether oxygens (including phenoxy) is 2. The van der Waals surface area contributed by atoms with Gasteiger partial charge in [-0.25, -0.2) is 0 Å². The fourth-order valence-corrected chi connectivity index (χ4v) is 3.24. The molecule has 3 aliphatic rings. The van der Waals surface area contributed by atoms with Crippen molar-refractivity contribution >= 4 is 5.78 Å². The lowest BCUT2D eigenvalue weighted by atomic mass is 10.0. The molecular formula is C12H19NO3. The van der Waals surface area contributed by atoms with Crippen LogP contribution in [-0.2, 0) is 14.3 Å². The Kier molecular flexibility index (Phi) is 2.96. The van der Waals surface area contributed by atoms with Gasteiger partial charge in [0.05, 0.1) is 25.9 Å². The number of ketones is 1. The van der Waals surface area contributed by atoms with E-state index in [9.17, 15) is 4.79 Å². The number of nitrogens with zero attached hydrogens (tertiary/aromatic N) is 1. The van der Waals surface area contributed by atoms with Crippen molar-refractivity contribution in [2.75, 3.05) is 26.4 Å². The maximum absolute atomic E-state index is 11.5. The Balaban J connectivity index is 1.60. The number of carbonyl (C=O) groups excluding carboxylic acids is 1. The summed E-state index contributed by atoms with van der Waals surface area (Å²) in [6.45, 7) is 3.10. The number of piperidine rings is 1. The van der Waals surface area contributed by atoms with Gasteiger partial charge < -0.3 is 9.47 Å². The van der Waals surface area contributed by atoms with E-state index in [-0.39, 0.29) is 6.10 Å². The highest BCUT2D eigenvalue weighted by Gasteiger charge is 2.41. The van der Waals surface area contributed by atoms with Crippen molar-refractivity contribution in [1.82, 2.24) is 4.90 Å². The second kappa shape index (κ2) is 4.43. The van der Waals surface area contributed by atoms with E-state index < -0.39 is 0 Å². The summed E-state index contributed by atoms with van der Waals surface area (Å²) in [5, 5.41) is 0. The van der Waals surface area contributed by atoms with Gasteiger partial charge in [-0.1, -0.05) is 0 Å². The summed E-state index contributed by atoms with van der Waals surface area (Å²) in [5.41, 5.74) is 0. The lowest BCUT2D eigenvalue weighted by molar-refractivity contribution is -0.127. The molecule has 4 nitrogen and oxygen atoms in total. The van der Waals surface area contributed by atoms with Crippen LogP contribution in [0.2, 0.25) is 0 Å². The van der Waals surface area contributed by atoms with Gasteiger partial charge in [0.1, 0.15) is 5.78 Å². The first kappa shape index (κ1) is 10.7. The monoisotopic (exact) mass is 225 g/mol. The van der Waals surface area contributed by atoms with Crippen molar-refractivity contribution in [3.05, 3.63) is 0 Å². The van der Waals surface area contributed by atoms with Crippen molar-refractivity contribution < 1.29 is 14.3 Å². The van der Waals surface area contributed by atoms with Crippen molar-refractivity contribution in [3.8, 4) is 0 Å². The first-order valence-electron chi connectivity index (χ1n) is 6.30. The van der Waals surface area contributed by atoms with E-state index >= 15 is 0 Å². The third-order valence-corrected chi connectivity index (χ3v) is 4.00. The van der Waals surface area contributed by atoms with Crippen molar-refractivity contribution in [2.45, 2.75) is 43.9 Å². The molecule has 0 amide bonds. The molecule has 0 radical (unpaired) electrons. The summed E-state index contributed by atoms with van der Waals surface area (Å²) in [5.74, 6) is 0.449. The first-order chi connectivity index (χ1) is 7.83. The zero-order chi connectivity index (χ0) is 11.0. The SMILES string of the molecule is O=C1CC2CCC(C1)N2CC1COCCO1. The van der Waals surface area contributed by atoms with Crippen LogP contribution in [-0.4, -0.2) is 55.2 Å². The summed E-state index contributed by atoms with van der Waals surface area (Å²) in [4.78, 5) is 14.0. The molecule has 0 aromatic heterocycles. The molecule has 3 saturated heterocycles. The molecule has 0 aromatic carbocycles. The van der Waals surface area contributed by atoms with Gasteiger partial charge in [-0.05, 0) is 12.8 Å². The lowest BCUT2D eigenvalue weighted by Crippen LogP contribution is -2.49. The van der Waals surface area contributed by atoms with Crippen molar-refractivity contribution in [2.24, 2.45) is 0 Å². The van der Waals surface area contributed by atoms with Gasteiger partial charge in [-0.3, -0.25) is 9.69 Å². The average Bonchev–Trinajstić information content (AvgIpc) is 2.54. The van der Waals surface area contributed by atoms with E-state index in [1.165, 1.54) is 12.8 Å². The molecule has 3 fully saturated rings. The summed E-state index contributed by atoms with van der Waals surface area (Å²) in [6, 6.07) is 0.966. The summed E-state index contributed by atoms with van der Waals surface area (Å²) < 4.78 is 11.1. The molecule has 3 heterocycles. The quantitative estimate of drug-likeness (QED) is 0.690. The van der Waals surface area contributed by atoms with E-state index in [0.29, 0.717) is 31.1 Å². The Morgan fingerprint density at radius 2 is 1.94 bits per heavy atom. The Morgan fingerprint density at radius 1 is 1.19 bits per heavy atom. The number of rotatable bonds is 2. The smallest absolute Gasteiger partial charge is 0.136 e. The van der Waals surface area contributed by atoms with Crippen LogP contribution >= 0.6 is 0 Å². The van der Waals surface area contributed by atoms with Crippen LogP contribution in [0, 0.1) is 0 Å². The van der Waals surface area contributed by atoms with E-state index in [4.69, 9.17) is 9.47 Å². The molecule has 0 N–H and O–H groups in total. The second-order valence-corrected chi connectivity index (χ2v) is 5.10. The molecule has 3 rings (SSSR count). The zero-order valence-electron chi connectivity index (χ0n) is 9.56. The van der Waals surface area contributed by atoms with Crippen molar-refractivity contribution in [1.29, 1.82) is 0 Å².